The fourth-order valence-electron chi connectivity index (χ4n) is 4.30. The van der Waals surface area contributed by atoms with Gasteiger partial charge in [0.15, 0.2) is 11.5 Å². The van der Waals surface area contributed by atoms with E-state index in [0.717, 1.165) is 24.7 Å². The van der Waals surface area contributed by atoms with E-state index >= 15 is 0 Å². The number of benzene rings is 2. The Bertz CT molecular complexity index is 1170. The Labute approximate surface area is 226 Å². The quantitative estimate of drug-likeness (QED) is 0.365. The molecule has 0 saturated carbocycles. The fourth-order valence-corrected chi connectivity index (χ4v) is 5.25. The second-order valence-corrected chi connectivity index (χ2v) is 11.3. The van der Waals surface area contributed by atoms with Crippen molar-refractivity contribution < 1.29 is 27.5 Å². The lowest BCUT2D eigenvalue weighted by molar-refractivity contribution is -0.139. The molecule has 1 heterocycles. The van der Waals surface area contributed by atoms with E-state index in [1.807, 2.05) is 30.3 Å². The van der Waals surface area contributed by atoms with E-state index in [1.54, 1.807) is 30.0 Å². The molecule has 3 rings (SSSR count). The van der Waals surface area contributed by atoms with E-state index < -0.39 is 16.1 Å². The number of hydrogen-bond donors (Lipinski definition) is 1. The van der Waals surface area contributed by atoms with Gasteiger partial charge in [-0.15, -0.1) is 0 Å². The molecule has 0 unspecified atom stereocenters. The number of anilines is 1. The fraction of sp³-hybridized carbons (Fsp3) is 0.500. The van der Waals surface area contributed by atoms with Crippen molar-refractivity contribution in [3.63, 3.8) is 0 Å². The molecule has 10 heteroatoms. The maximum atomic E-state index is 13.3. The number of sulfonamides is 1. The normalized spacial score (nSPS) is 13.4. The van der Waals surface area contributed by atoms with E-state index in [9.17, 15) is 18.0 Å². The molecule has 2 amide bonds. The van der Waals surface area contributed by atoms with E-state index in [4.69, 9.17) is 9.47 Å². The molecule has 0 radical (unpaired) electrons. The number of amides is 2. The predicted molar refractivity (Wildman–Crippen MR) is 148 cm³/mol. The van der Waals surface area contributed by atoms with Crippen molar-refractivity contribution in [1.29, 1.82) is 0 Å². The molecule has 0 spiro atoms. The zero-order valence-electron chi connectivity index (χ0n) is 22.5. The molecule has 208 valence electrons. The van der Waals surface area contributed by atoms with Gasteiger partial charge < -0.3 is 19.7 Å². The summed E-state index contributed by atoms with van der Waals surface area (Å²) >= 11 is 0. The minimum absolute atomic E-state index is 0.109. The first-order valence-electron chi connectivity index (χ1n) is 13.2. The SMILES string of the molecule is CCCCNC(=O)[C@@H](C)N(CCc1ccccc1)C(=O)CCCN(c1ccc2c(c1)OCCO2)S(C)(=O)=O. The van der Waals surface area contributed by atoms with Gasteiger partial charge in [0.05, 0.1) is 11.9 Å². The summed E-state index contributed by atoms with van der Waals surface area (Å²) in [5.74, 6) is 0.695. The van der Waals surface area contributed by atoms with Crippen LogP contribution < -0.4 is 19.1 Å². The third kappa shape index (κ3) is 8.37. The minimum atomic E-state index is -3.60. The number of ether oxygens (including phenoxy) is 2. The highest BCUT2D eigenvalue weighted by Gasteiger charge is 2.26. The minimum Gasteiger partial charge on any atom is -0.486 e. The highest BCUT2D eigenvalue weighted by atomic mass is 32.2. The molecule has 38 heavy (non-hydrogen) atoms. The summed E-state index contributed by atoms with van der Waals surface area (Å²) < 4.78 is 37.6. The number of nitrogens with zero attached hydrogens (tertiary/aromatic N) is 2. The molecular formula is C28H39N3O6S. The van der Waals surface area contributed by atoms with E-state index in [2.05, 4.69) is 12.2 Å². The van der Waals surface area contributed by atoms with Crippen LogP contribution in [0.25, 0.3) is 0 Å². The van der Waals surface area contributed by atoms with Crippen LogP contribution in [0.3, 0.4) is 0 Å². The van der Waals surface area contributed by atoms with Crippen molar-refractivity contribution in [3.8, 4) is 11.5 Å². The van der Waals surface area contributed by atoms with Gasteiger partial charge in [0.2, 0.25) is 21.8 Å². The van der Waals surface area contributed by atoms with Crippen LogP contribution in [0.1, 0.15) is 45.1 Å². The molecule has 9 nitrogen and oxygen atoms in total. The first kappa shape index (κ1) is 29.3. The molecule has 1 atom stereocenters. The molecule has 1 aliphatic heterocycles. The van der Waals surface area contributed by atoms with Crippen LogP contribution in [0.15, 0.2) is 48.5 Å². The Morgan fingerprint density at radius 1 is 1.00 bits per heavy atom. The Kier molecular flexibility index (Phi) is 10.8. The van der Waals surface area contributed by atoms with Crippen molar-refractivity contribution in [1.82, 2.24) is 10.2 Å². The van der Waals surface area contributed by atoms with Crippen LogP contribution in [0.4, 0.5) is 5.69 Å². The number of carbonyl (C=O) groups excluding carboxylic acids is 2. The van der Waals surface area contributed by atoms with Crippen molar-refractivity contribution in [3.05, 3.63) is 54.1 Å². The average Bonchev–Trinajstić information content (AvgIpc) is 2.90. The van der Waals surface area contributed by atoms with Crippen LogP contribution in [-0.4, -0.2) is 70.3 Å². The average molecular weight is 546 g/mol. The third-order valence-electron chi connectivity index (χ3n) is 6.45. The summed E-state index contributed by atoms with van der Waals surface area (Å²) in [6, 6.07) is 14.2. The lowest BCUT2D eigenvalue weighted by atomic mass is 10.1. The molecule has 0 saturated heterocycles. The number of nitrogens with one attached hydrogen (secondary N) is 1. The van der Waals surface area contributed by atoms with Crippen LogP contribution >= 0.6 is 0 Å². The van der Waals surface area contributed by atoms with E-state index in [-0.39, 0.29) is 24.8 Å². The lowest BCUT2D eigenvalue weighted by Gasteiger charge is -2.29. The van der Waals surface area contributed by atoms with Gasteiger partial charge in [-0.3, -0.25) is 13.9 Å². The number of fused-ring (bicyclic) bond motifs is 1. The maximum Gasteiger partial charge on any atom is 0.242 e. The summed E-state index contributed by atoms with van der Waals surface area (Å²) in [6.07, 6.45) is 4.00. The largest absolute Gasteiger partial charge is 0.486 e. The summed E-state index contributed by atoms with van der Waals surface area (Å²) in [4.78, 5) is 27.7. The Hall–Kier alpha value is -3.27. The van der Waals surface area contributed by atoms with Gasteiger partial charge in [-0.25, -0.2) is 8.42 Å². The Morgan fingerprint density at radius 2 is 1.71 bits per heavy atom. The monoisotopic (exact) mass is 545 g/mol. The van der Waals surface area contributed by atoms with Gasteiger partial charge in [-0.2, -0.15) is 0 Å². The van der Waals surface area contributed by atoms with E-state index in [1.165, 1.54) is 4.31 Å². The predicted octanol–water partition coefficient (Wildman–Crippen LogP) is 3.38. The topological polar surface area (TPSA) is 105 Å². The number of unbranched alkanes of at least 4 members (excludes halogenated alkanes) is 1. The molecule has 0 bridgehead atoms. The molecular weight excluding hydrogens is 506 g/mol. The van der Waals surface area contributed by atoms with Gasteiger partial charge in [0.1, 0.15) is 19.3 Å². The summed E-state index contributed by atoms with van der Waals surface area (Å²) in [6.45, 7) is 5.71. The summed E-state index contributed by atoms with van der Waals surface area (Å²) in [5.41, 5.74) is 1.53. The first-order chi connectivity index (χ1) is 18.2. The van der Waals surface area contributed by atoms with Gasteiger partial charge in [0, 0.05) is 32.1 Å². The summed E-state index contributed by atoms with van der Waals surface area (Å²) in [7, 11) is -3.60. The van der Waals surface area contributed by atoms with Crippen LogP contribution in [0.5, 0.6) is 11.5 Å². The molecule has 2 aromatic rings. The first-order valence-corrected chi connectivity index (χ1v) is 15.0. The van der Waals surface area contributed by atoms with Gasteiger partial charge in [-0.1, -0.05) is 43.7 Å². The van der Waals surface area contributed by atoms with Crippen molar-refractivity contribution in [2.45, 2.75) is 52.0 Å². The standard InChI is InChI=1S/C28H39N3O6S/c1-4-5-16-29-28(33)22(2)30(18-15-23-10-7-6-8-11-23)27(32)12-9-17-31(38(3,34)35)24-13-14-25-26(21-24)37-20-19-36-25/h6-8,10-11,13-14,21-22H,4-5,9,12,15-20H2,1-3H3,(H,29,33)/t22-/m1/s1. The zero-order chi connectivity index (χ0) is 27.5. The highest BCUT2D eigenvalue weighted by molar-refractivity contribution is 7.92. The van der Waals surface area contributed by atoms with Gasteiger partial charge in [0.25, 0.3) is 0 Å². The van der Waals surface area contributed by atoms with Gasteiger partial charge in [-0.05, 0) is 43.9 Å². The van der Waals surface area contributed by atoms with Crippen LogP contribution in [0.2, 0.25) is 0 Å². The molecule has 0 fully saturated rings. The second kappa shape index (κ2) is 14.0. The molecule has 0 aromatic heterocycles. The molecule has 0 aliphatic carbocycles. The summed E-state index contributed by atoms with van der Waals surface area (Å²) in [5, 5.41) is 2.92. The smallest absolute Gasteiger partial charge is 0.242 e. The number of hydrogen-bond acceptors (Lipinski definition) is 6. The van der Waals surface area contributed by atoms with Gasteiger partial charge >= 0.3 is 0 Å². The Morgan fingerprint density at radius 3 is 2.39 bits per heavy atom. The Balaban J connectivity index is 1.67. The third-order valence-corrected chi connectivity index (χ3v) is 7.64. The van der Waals surface area contributed by atoms with Crippen LogP contribution in [-0.2, 0) is 26.0 Å². The molecule has 1 aliphatic rings. The zero-order valence-corrected chi connectivity index (χ0v) is 23.3. The molecule has 1 N–H and O–H groups in total. The molecule has 2 aromatic carbocycles. The van der Waals surface area contributed by atoms with Crippen molar-refractivity contribution in [2.75, 3.05) is 43.4 Å². The van der Waals surface area contributed by atoms with Crippen molar-refractivity contribution in [2.24, 2.45) is 0 Å². The number of rotatable bonds is 14. The lowest BCUT2D eigenvalue weighted by Crippen LogP contribution is -2.49. The highest BCUT2D eigenvalue weighted by Crippen LogP contribution is 2.34. The van der Waals surface area contributed by atoms with E-state index in [0.29, 0.717) is 56.3 Å². The number of carbonyl (C=O) groups is 2. The van der Waals surface area contributed by atoms with Crippen molar-refractivity contribution >= 4 is 27.5 Å². The van der Waals surface area contributed by atoms with Crippen LogP contribution in [0, 0.1) is 0 Å². The maximum absolute atomic E-state index is 13.3. The second-order valence-electron chi connectivity index (χ2n) is 9.41.